The molecule has 4 rings (SSSR count). The Labute approximate surface area is 179 Å². The first kappa shape index (κ1) is 21.6. The Morgan fingerprint density at radius 2 is 1.79 bits per heavy atom. The third-order valence-electron chi connectivity index (χ3n) is 5.62. The smallest absolute Gasteiger partial charge is 0.223 e. The fourth-order valence-corrected chi connectivity index (χ4v) is 3.81. The van der Waals surface area contributed by atoms with Gasteiger partial charge in [0.2, 0.25) is 5.91 Å². The van der Waals surface area contributed by atoms with Crippen molar-refractivity contribution in [2.24, 2.45) is 5.92 Å². The second kappa shape index (κ2) is 10.6. The number of carbonyl (C=O) groups is 1. The molecule has 1 saturated heterocycles. The first-order chi connectivity index (χ1) is 13.8. The van der Waals surface area contributed by atoms with Gasteiger partial charge in [-0.05, 0) is 35.6 Å². The van der Waals surface area contributed by atoms with Crippen molar-refractivity contribution < 1.29 is 9.53 Å². The Morgan fingerprint density at radius 3 is 2.52 bits per heavy atom. The van der Waals surface area contributed by atoms with E-state index < -0.39 is 0 Å². The lowest BCUT2D eigenvalue weighted by molar-refractivity contribution is -0.122. The second-order valence-corrected chi connectivity index (χ2v) is 7.67. The summed E-state index contributed by atoms with van der Waals surface area (Å²) >= 11 is 0. The summed E-state index contributed by atoms with van der Waals surface area (Å²) in [4.78, 5) is 14.8. The predicted octanol–water partition coefficient (Wildman–Crippen LogP) is 2.81. The molecule has 6 heteroatoms. The number of amides is 1. The number of carbonyl (C=O) groups excluding carboxylic acids is 1. The molecule has 2 aliphatic rings. The predicted molar refractivity (Wildman–Crippen MR) is 118 cm³/mol. The van der Waals surface area contributed by atoms with E-state index in [2.05, 4.69) is 39.8 Å². The SMILES string of the molecule is Cl.O=C(NCCN1CCNCC1)C1CC1c1ccc(OCc2ccccc2)cc1. The fraction of sp³-hybridized carbons (Fsp3) is 0.435. The van der Waals surface area contributed by atoms with Crippen LogP contribution in [0.3, 0.4) is 0 Å². The molecule has 1 aliphatic carbocycles. The number of hydrogen-bond donors (Lipinski definition) is 2. The molecule has 156 valence electrons. The first-order valence-corrected chi connectivity index (χ1v) is 10.3. The Morgan fingerprint density at radius 1 is 1.07 bits per heavy atom. The number of hydrogen-bond acceptors (Lipinski definition) is 4. The zero-order valence-corrected chi connectivity index (χ0v) is 17.5. The van der Waals surface area contributed by atoms with Gasteiger partial charge in [-0.15, -0.1) is 12.4 Å². The van der Waals surface area contributed by atoms with E-state index in [1.807, 2.05) is 30.3 Å². The molecule has 2 fully saturated rings. The molecule has 0 radical (unpaired) electrons. The van der Waals surface area contributed by atoms with Crippen LogP contribution in [0.2, 0.25) is 0 Å². The van der Waals surface area contributed by atoms with Gasteiger partial charge in [0, 0.05) is 45.2 Å². The minimum Gasteiger partial charge on any atom is -0.489 e. The molecule has 1 amide bonds. The van der Waals surface area contributed by atoms with Crippen molar-refractivity contribution in [1.29, 1.82) is 0 Å². The van der Waals surface area contributed by atoms with E-state index in [0.29, 0.717) is 12.5 Å². The molecule has 29 heavy (non-hydrogen) atoms. The Bertz CT molecular complexity index is 763. The monoisotopic (exact) mass is 415 g/mol. The van der Waals surface area contributed by atoms with E-state index in [1.165, 1.54) is 5.56 Å². The summed E-state index contributed by atoms with van der Waals surface area (Å²) in [6.07, 6.45) is 0.948. The van der Waals surface area contributed by atoms with E-state index in [4.69, 9.17) is 4.74 Å². The molecule has 1 saturated carbocycles. The van der Waals surface area contributed by atoms with Crippen LogP contribution in [-0.2, 0) is 11.4 Å². The molecule has 0 spiro atoms. The molecular formula is C23H30ClN3O2. The number of nitrogens with zero attached hydrogens (tertiary/aromatic N) is 1. The third-order valence-corrected chi connectivity index (χ3v) is 5.62. The Kier molecular flexibility index (Phi) is 7.92. The number of nitrogens with one attached hydrogen (secondary N) is 2. The third kappa shape index (κ3) is 6.20. The van der Waals surface area contributed by atoms with Crippen molar-refractivity contribution in [3.63, 3.8) is 0 Å². The highest BCUT2D eigenvalue weighted by Gasteiger charge is 2.43. The van der Waals surface area contributed by atoms with Crippen LogP contribution in [0.1, 0.15) is 23.5 Å². The Hall–Kier alpha value is -2.08. The number of ether oxygens (including phenoxy) is 1. The molecule has 2 N–H and O–H groups in total. The average Bonchev–Trinajstić information content (AvgIpc) is 3.55. The largest absolute Gasteiger partial charge is 0.489 e. The summed E-state index contributed by atoms with van der Waals surface area (Å²) in [5, 5.41) is 6.46. The zero-order valence-electron chi connectivity index (χ0n) is 16.7. The maximum absolute atomic E-state index is 12.4. The van der Waals surface area contributed by atoms with E-state index in [-0.39, 0.29) is 24.2 Å². The van der Waals surface area contributed by atoms with Crippen LogP contribution in [0.4, 0.5) is 0 Å². The van der Waals surface area contributed by atoms with Gasteiger partial charge >= 0.3 is 0 Å². The highest BCUT2D eigenvalue weighted by atomic mass is 35.5. The summed E-state index contributed by atoms with van der Waals surface area (Å²) in [6, 6.07) is 18.4. The van der Waals surface area contributed by atoms with Gasteiger partial charge < -0.3 is 15.4 Å². The molecule has 2 unspecified atom stereocenters. The molecule has 2 aromatic rings. The summed E-state index contributed by atoms with van der Waals surface area (Å²) in [5.74, 6) is 1.54. The van der Waals surface area contributed by atoms with Crippen LogP contribution in [0.5, 0.6) is 5.75 Å². The van der Waals surface area contributed by atoms with Gasteiger partial charge in [0.15, 0.2) is 0 Å². The highest BCUT2D eigenvalue weighted by molar-refractivity contribution is 5.85. The van der Waals surface area contributed by atoms with Gasteiger partial charge in [-0.2, -0.15) is 0 Å². The summed E-state index contributed by atoms with van der Waals surface area (Å²) in [7, 11) is 0. The van der Waals surface area contributed by atoms with Gasteiger partial charge in [-0.25, -0.2) is 0 Å². The van der Waals surface area contributed by atoms with Gasteiger partial charge in [0.05, 0.1) is 0 Å². The van der Waals surface area contributed by atoms with Crippen LogP contribution in [0.15, 0.2) is 54.6 Å². The van der Waals surface area contributed by atoms with Gasteiger partial charge in [0.25, 0.3) is 0 Å². The van der Waals surface area contributed by atoms with Crippen LogP contribution in [0, 0.1) is 5.92 Å². The van der Waals surface area contributed by atoms with Crippen molar-refractivity contribution in [3.8, 4) is 5.75 Å². The molecule has 2 aromatic carbocycles. The number of rotatable bonds is 8. The lowest BCUT2D eigenvalue weighted by Crippen LogP contribution is -2.46. The maximum Gasteiger partial charge on any atom is 0.223 e. The zero-order chi connectivity index (χ0) is 19.2. The first-order valence-electron chi connectivity index (χ1n) is 10.3. The lowest BCUT2D eigenvalue weighted by Gasteiger charge is -2.27. The van der Waals surface area contributed by atoms with E-state index in [1.54, 1.807) is 0 Å². The van der Waals surface area contributed by atoms with Crippen LogP contribution in [0.25, 0.3) is 0 Å². The van der Waals surface area contributed by atoms with E-state index in [9.17, 15) is 4.79 Å². The molecule has 1 aliphatic heterocycles. The van der Waals surface area contributed by atoms with Gasteiger partial charge in [-0.1, -0.05) is 42.5 Å². The lowest BCUT2D eigenvalue weighted by atomic mass is 10.1. The van der Waals surface area contributed by atoms with Crippen LogP contribution >= 0.6 is 12.4 Å². The standard InChI is InChI=1S/C23H29N3O2.ClH/c27-23(25-12-15-26-13-10-24-11-14-26)22-16-21(22)19-6-8-20(9-7-19)28-17-18-4-2-1-3-5-18;/h1-9,21-22,24H,10-17H2,(H,25,27);1H. The highest BCUT2D eigenvalue weighted by Crippen LogP contribution is 2.47. The molecule has 5 nitrogen and oxygen atoms in total. The van der Waals surface area contributed by atoms with Crippen LogP contribution < -0.4 is 15.4 Å². The minimum atomic E-state index is 0. The average molecular weight is 416 g/mol. The minimum absolute atomic E-state index is 0. The molecule has 2 atom stereocenters. The van der Waals surface area contributed by atoms with Crippen molar-refractivity contribution in [2.75, 3.05) is 39.3 Å². The molecule has 1 heterocycles. The van der Waals surface area contributed by atoms with Crippen molar-refractivity contribution in [1.82, 2.24) is 15.5 Å². The molecular weight excluding hydrogens is 386 g/mol. The van der Waals surface area contributed by atoms with E-state index >= 15 is 0 Å². The van der Waals surface area contributed by atoms with Crippen molar-refractivity contribution >= 4 is 18.3 Å². The summed E-state index contributed by atoms with van der Waals surface area (Å²) in [6.45, 7) is 6.49. The van der Waals surface area contributed by atoms with Crippen molar-refractivity contribution in [3.05, 3.63) is 65.7 Å². The summed E-state index contributed by atoms with van der Waals surface area (Å²) < 4.78 is 5.84. The molecule has 0 aromatic heterocycles. The quantitative estimate of drug-likeness (QED) is 0.696. The Balaban J connectivity index is 0.00000240. The van der Waals surface area contributed by atoms with Crippen molar-refractivity contribution in [2.45, 2.75) is 18.9 Å². The molecule has 0 bridgehead atoms. The maximum atomic E-state index is 12.4. The summed E-state index contributed by atoms with van der Waals surface area (Å²) in [5.41, 5.74) is 2.39. The number of piperazine rings is 1. The second-order valence-electron chi connectivity index (χ2n) is 7.67. The fourth-order valence-electron chi connectivity index (χ4n) is 3.81. The van der Waals surface area contributed by atoms with Gasteiger partial charge in [-0.3, -0.25) is 9.69 Å². The van der Waals surface area contributed by atoms with Crippen LogP contribution in [-0.4, -0.2) is 50.1 Å². The number of benzene rings is 2. The topological polar surface area (TPSA) is 53.6 Å². The normalized spacial score (nSPS) is 21.1. The number of halogens is 1. The van der Waals surface area contributed by atoms with Gasteiger partial charge in [0.1, 0.15) is 12.4 Å². The van der Waals surface area contributed by atoms with E-state index in [0.717, 1.165) is 57.0 Å².